The first-order chi connectivity index (χ1) is 15.7. The Bertz CT molecular complexity index is 1020. The van der Waals surface area contributed by atoms with E-state index < -0.39 is 10.0 Å². The predicted molar refractivity (Wildman–Crippen MR) is 131 cm³/mol. The molecule has 184 valence electrons. The highest BCUT2D eigenvalue weighted by molar-refractivity contribution is 7.99. The molecule has 0 aliphatic carbocycles. The molecule has 1 amide bonds. The van der Waals surface area contributed by atoms with Gasteiger partial charge in [-0.15, -0.1) is 10.2 Å². The lowest BCUT2D eigenvalue weighted by Gasteiger charge is -2.20. The molecule has 2 aromatic rings. The van der Waals surface area contributed by atoms with Gasteiger partial charge in [-0.3, -0.25) is 9.36 Å². The number of hydrogen-bond donors (Lipinski definition) is 0. The molecule has 0 aliphatic rings. The second kappa shape index (κ2) is 12.5. The Morgan fingerprint density at radius 3 is 2.36 bits per heavy atom. The molecule has 1 atom stereocenters. The molecular formula is C22H35N5O4S2. The highest BCUT2D eigenvalue weighted by atomic mass is 32.2. The number of benzene rings is 1. The van der Waals surface area contributed by atoms with Crippen molar-refractivity contribution in [1.82, 2.24) is 24.0 Å². The van der Waals surface area contributed by atoms with Crippen LogP contribution in [0.25, 0.3) is 11.4 Å². The van der Waals surface area contributed by atoms with Crippen molar-refractivity contribution in [2.45, 2.75) is 50.7 Å². The van der Waals surface area contributed by atoms with Crippen LogP contribution in [0.2, 0.25) is 0 Å². The minimum atomic E-state index is -3.61. The van der Waals surface area contributed by atoms with E-state index in [1.807, 2.05) is 45.3 Å². The summed E-state index contributed by atoms with van der Waals surface area (Å²) in [7, 11) is -1.99. The van der Waals surface area contributed by atoms with E-state index in [2.05, 4.69) is 10.2 Å². The van der Waals surface area contributed by atoms with Crippen LogP contribution in [0.15, 0.2) is 34.3 Å². The van der Waals surface area contributed by atoms with Crippen LogP contribution in [0.5, 0.6) is 0 Å². The summed E-state index contributed by atoms with van der Waals surface area (Å²) in [6, 6.07) is 6.63. The molecule has 0 saturated carbocycles. The summed E-state index contributed by atoms with van der Waals surface area (Å²) in [6.07, 6.45) is 0. The number of sulfonamides is 1. The number of thioether (sulfide) groups is 1. The maximum Gasteiger partial charge on any atom is 0.243 e. The van der Waals surface area contributed by atoms with Gasteiger partial charge in [-0.05, 0) is 32.9 Å². The van der Waals surface area contributed by atoms with E-state index in [9.17, 15) is 13.2 Å². The van der Waals surface area contributed by atoms with Gasteiger partial charge in [-0.2, -0.15) is 4.31 Å². The summed E-state index contributed by atoms with van der Waals surface area (Å²) in [4.78, 5) is 14.5. The molecule has 2 rings (SSSR count). The Labute approximate surface area is 201 Å². The van der Waals surface area contributed by atoms with Gasteiger partial charge in [0.05, 0.1) is 23.3 Å². The van der Waals surface area contributed by atoms with E-state index in [-0.39, 0.29) is 22.6 Å². The van der Waals surface area contributed by atoms with Crippen LogP contribution in [0.3, 0.4) is 0 Å². The molecule has 0 bridgehead atoms. The summed E-state index contributed by atoms with van der Waals surface area (Å²) in [5.41, 5.74) is 0.639. The van der Waals surface area contributed by atoms with Crippen LogP contribution in [0, 0.1) is 0 Å². The Hall–Kier alpha value is -1.95. The van der Waals surface area contributed by atoms with Gasteiger partial charge in [0, 0.05) is 38.9 Å². The number of carbonyl (C=O) groups is 1. The van der Waals surface area contributed by atoms with Crippen molar-refractivity contribution in [2.75, 3.05) is 45.6 Å². The molecule has 0 aliphatic heterocycles. The minimum absolute atomic E-state index is 0.0350. The van der Waals surface area contributed by atoms with Crippen LogP contribution in [-0.2, 0) is 19.6 Å². The summed E-state index contributed by atoms with van der Waals surface area (Å²) < 4.78 is 34.7. The summed E-state index contributed by atoms with van der Waals surface area (Å²) in [5, 5.41) is 9.28. The number of amides is 1. The molecule has 33 heavy (non-hydrogen) atoms. The van der Waals surface area contributed by atoms with Crippen LogP contribution < -0.4 is 0 Å². The normalized spacial score (nSPS) is 12.8. The first-order valence-electron chi connectivity index (χ1n) is 11.2. The molecule has 0 fully saturated rings. The first kappa shape index (κ1) is 27.3. The lowest BCUT2D eigenvalue weighted by molar-refractivity contribution is -0.127. The van der Waals surface area contributed by atoms with Gasteiger partial charge in [-0.25, -0.2) is 8.42 Å². The number of hydrogen-bond acceptors (Lipinski definition) is 7. The topological polar surface area (TPSA) is 97.6 Å². The summed E-state index contributed by atoms with van der Waals surface area (Å²) >= 11 is 1.32. The molecule has 0 N–H and O–H groups in total. The van der Waals surface area contributed by atoms with Gasteiger partial charge in [-0.1, -0.05) is 37.7 Å². The van der Waals surface area contributed by atoms with Crippen molar-refractivity contribution in [1.29, 1.82) is 0 Å². The fourth-order valence-corrected chi connectivity index (χ4v) is 6.03. The molecule has 11 heteroatoms. The van der Waals surface area contributed by atoms with Gasteiger partial charge in [0.15, 0.2) is 11.0 Å². The number of nitrogens with zero attached hydrogens (tertiary/aromatic N) is 5. The Balaban J connectivity index is 2.46. The average Bonchev–Trinajstić information content (AvgIpc) is 3.23. The standard InChI is InChI=1S/C22H35N5O4S2/c1-7-25(8-2)20(28)16-32-22-24-23-21(27(22)17(5)15-31-6)18-12-11-13-19(14-18)33(29,30)26(9-3)10-4/h11-14,17H,7-10,15-16H2,1-6H3. The van der Waals surface area contributed by atoms with Gasteiger partial charge < -0.3 is 9.64 Å². The fraction of sp³-hybridized carbons (Fsp3) is 0.591. The molecule has 1 heterocycles. The van der Waals surface area contributed by atoms with Crippen LogP contribution in [-0.4, -0.2) is 83.9 Å². The number of methoxy groups -OCH3 is 1. The third kappa shape index (κ3) is 6.34. The monoisotopic (exact) mass is 497 g/mol. The fourth-order valence-electron chi connectivity index (χ4n) is 3.59. The molecule has 1 aromatic heterocycles. The smallest absolute Gasteiger partial charge is 0.243 e. The van der Waals surface area contributed by atoms with Crippen LogP contribution in [0.1, 0.15) is 40.7 Å². The number of carbonyl (C=O) groups excluding carboxylic acids is 1. The zero-order chi connectivity index (χ0) is 24.6. The average molecular weight is 498 g/mol. The second-order valence-electron chi connectivity index (χ2n) is 7.45. The largest absolute Gasteiger partial charge is 0.383 e. The Morgan fingerprint density at radius 1 is 1.12 bits per heavy atom. The van der Waals surface area contributed by atoms with E-state index in [1.165, 1.54) is 16.1 Å². The maximum atomic E-state index is 13.0. The predicted octanol–water partition coefficient (Wildman–Crippen LogP) is 3.14. The van der Waals surface area contributed by atoms with Gasteiger partial charge in [0.1, 0.15) is 0 Å². The van der Waals surface area contributed by atoms with Crippen molar-refractivity contribution in [3.05, 3.63) is 24.3 Å². The number of ether oxygens (including phenoxy) is 1. The van der Waals surface area contributed by atoms with E-state index >= 15 is 0 Å². The van der Waals surface area contributed by atoms with E-state index in [1.54, 1.807) is 30.2 Å². The van der Waals surface area contributed by atoms with Crippen molar-refractivity contribution in [3.63, 3.8) is 0 Å². The number of rotatable bonds is 13. The molecule has 0 spiro atoms. The third-order valence-electron chi connectivity index (χ3n) is 5.39. The summed E-state index contributed by atoms with van der Waals surface area (Å²) in [6.45, 7) is 12.0. The van der Waals surface area contributed by atoms with Crippen molar-refractivity contribution >= 4 is 27.7 Å². The molecule has 0 radical (unpaired) electrons. The molecule has 1 unspecified atom stereocenters. The summed E-state index contributed by atoms with van der Waals surface area (Å²) in [5.74, 6) is 0.817. The zero-order valence-electron chi connectivity index (χ0n) is 20.3. The maximum absolute atomic E-state index is 13.0. The van der Waals surface area contributed by atoms with E-state index in [0.29, 0.717) is 49.3 Å². The SMILES string of the molecule is CCN(CC)C(=O)CSc1nnc(-c2cccc(S(=O)(=O)N(CC)CC)c2)n1C(C)COC. The van der Waals surface area contributed by atoms with Crippen molar-refractivity contribution in [3.8, 4) is 11.4 Å². The molecular weight excluding hydrogens is 462 g/mol. The molecule has 0 saturated heterocycles. The van der Waals surface area contributed by atoms with Gasteiger partial charge in [0.2, 0.25) is 15.9 Å². The first-order valence-corrected chi connectivity index (χ1v) is 13.6. The van der Waals surface area contributed by atoms with Crippen LogP contribution in [0.4, 0.5) is 0 Å². The lowest BCUT2D eigenvalue weighted by Crippen LogP contribution is -2.32. The Morgan fingerprint density at radius 2 is 1.79 bits per heavy atom. The zero-order valence-corrected chi connectivity index (χ0v) is 21.9. The highest BCUT2D eigenvalue weighted by Gasteiger charge is 2.25. The molecule has 1 aromatic carbocycles. The third-order valence-corrected chi connectivity index (χ3v) is 8.36. The second-order valence-corrected chi connectivity index (χ2v) is 10.3. The molecule has 9 nitrogen and oxygen atoms in total. The Kier molecular flexibility index (Phi) is 10.3. The number of aromatic nitrogens is 3. The van der Waals surface area contributed by atoms with Gasteiger partial charge in [0.25, 0.3) is 0 Å². The van der Waals surface area contributed by atoms with Crippen LogP contribution >= 0.6 is 11.8 Å². The highest BCUT2D eigenvalue weighted by Crippen LogP contribution is 2.30. The minimum Gasteiger partial charge on any atom is -0.383 e. The quantitative estimate of drug-likeness (QED) is 0.392. The van der Waals surface area contributed by atoms with Crippen molar-refractivity contribution < 1.29 is 17.9 Å². The lowest BCUT2D eigenvalue weighted by atomic mass is 10.2. The van der Waals surface area contributed by atoms with E-state index in [4.69, 9.17) is 4.74 Å². The van der Waals surface area contributed by atoms with Crippen molar-refractivity contribution in [2.24, 2.45) is 0 Å². The van der Waals surface area contributed by atoms with E-state index in [0.717, 1.165) is 0 Å². The van der Waals surface area contributed by atoms with Gasteiger partial charge >= 0.3 is 0 Å².